The molecular formula is C10H14N2O2. The molecule has 0 fully saturated rings. The minimum Gasteiger partial charge on any atom is -0.395 e. The summed E-state index contributed by atoms with van der Waals surface area (Å²) in [4.78, 5) is 14.2. The first-order chi connectivity index (χ1) is 6.81. The van der Waals surface area contributed by atoms with Gasteiger partial charge in [0.15, 0.2) is 6.29 Å². The van der Waals surface area contributed by atoms with Crippen LogP contribution in [0.2, 0.25) is 0 Å². The van der Waals surface area contributed by atoms with E-state index < -0.39 is 0 Å². The van der Waals surface area contributed by atoms with E-state index in [0.717, 1.165) is 6.29 Å². The van der Waals surface area contributed by atoms with Crippen molar-refractivity contribution >= 4 is 6.29 Å². The number of aliphatic hydroxyl groups is 1. The average molecular weight is 194 g/mol. The molecule has 1 aliphatic rings. The summed E-state index contributed by atoms with van der Waals surface area (Å²) in [7, 11) is 0. The van der Waals surface area contributed by atoms with E-state index in [9.17, 15) is 4.79 Å². The molecule has 0 aromatic rings. The maximum absolute atomic E-state index is 10.6. The lowest BCUT2D eigenvalue weighted by Crippen LogP contribution is -2.22. The van der Waals surface area contributed by atoms with Crippen LogP contribution in [0, 0.1) is 0 Å². The molecule has 1 aliphatic heterocycles. The highest BCUT2D eigenvalue weighted by atomic mass is 16.3. The first-order valence-corrected chi connectivity index (χ1v) is 4.45. The zero-order valence-corrected chi connectivity index (χ0v) is 8.13. The molecule has 0 amide bonds. The van der Waals surface area contributed by atoms with E-state index in [2.05, 4.69) is 0 Å². The Morgan fingerprint density at radius 3 is 2.43 bits per heavy atom. The molecular weight excluding hydrogens is 180 g/mol. The largest absolute Gasteiger partial charge is 0.395 e. The molecule has 0 aliphatic carbocycles. The molecule has 0 atom stereocenters. The maximum Gasteiger partial charge on any atom is 0.166 e. The minimum absolute atomic E-state index is 0.110. The van der Waals surface area contributed by atoms with Gasteiger partial charge in [0.1, 0.15) is 0 Å². The van der Waals surface area contributed by atoms with Gasteiger partial charge in [-0.1, -0.05) is 6.08 Å². The quantitative estimate of drug-likeness (QED) is 0.527. The van der Waals surface area contributed by atoms with E-state index >= 15 is 0 Å². The summed E-state index contributed by atoms with van der Waals surface area (Å²) in [6, 6.07) is 0. The number of hydrogen-bond acceptors (Lipinski definition) is 4. The van der Waals surface area contributed by atoms with Crippen LogP contribution in [0.5, 0.6) is 0 Å². The van der Waals surface area contributed by atoms with E-state index in [-0.39, 0.29) is 6.61 Å². The molecule has 4 heteroatoms. The molecule has 0 saturated carbocycles. The fourth-order valence-corrected chi connectivity index (χ4v) is 1.13. The summed E-state index contributed by atoms with van der Waals surface area (Å²) in [5, 5.41) is 8.70. The lowest BCUT2D eigenvalue weighted by Gasteiger charge is -2.23. The molecule has 14 heavy (non-hydrogen) atoms. The third-order valence-corrected chi connectivity index (χ3v) is 1.91. The fourth-order valence-electron chi connectivity index (χ4n) is 1.13. The zero-order valence-electron chi connectivity index (χ0n) is 8.13. The Balaban J connectivity index is 2.60. The standard InChI is InChI=1S/C10H14N2O2/c1-2-10(9-14)12-5-3-11(4-6-12)7-8-13/h2-6,9,13H,7-8H2,1H3. The van der Waals surface area contributed by atoms with E-state index in [1.807, 2.05) is 24.2 Å². The number of hydrogen-bond donors (Lipinski definition) is 1. The van der Waals surface area contributed by atoms with Gasteiger partial charge in [-0.05, 0) is 6.92 Å². The van der Waals surface area contributed by atoms with Crippen LogP contribution in [0.3, 0.4) is 0 Å². The lowest BCUT2D eigenvalue weighted by molar-refractivity contribution is -0.105. The van der Waals surface area contributed by atoms with Crippen LogP contribution in [0.4, 0.5) is 0 Å². The van der Waals surface area contributed by atoms with Crippen LogP contribution in [-0.4, -0.2) is 34.3 Å². The second-order valence-corrected chi connectivity index (χ2v) is 2.80. The molecule has 1 N–H and O–H groups in total. The van der Waals surface area contributed by atoms with Crippen LogP contribution in [0.1, 0.15) is 6.92 Å². The molecule has 4 nitrogen and oxygen atoms in total. The monoisotopic (exact) mass is 194 g/mol. The molecule has 0 saturated heterocycles. The van der Waals surface area contributed by atoms with Crippen molar-refractivity contribution in [3.05, 3.63) is 36.6 Å². The Hall–Kier alpha value is -1.55. The molecule has 1 heterocycles. The summed E-state index contributed by atoms with van der Waals surface area (Å²) in [5.41, 5.74) is 0.598. The Labute approximate surface area is 83.4 Å². The number of nitrogens with zero attached hydrogens (tertiary/aromatic N) is 2. The lowest BCUT2D eigenvalue weighted by atomic mass is 10.4. The van der Waals surface area contributed by atoms with Crippen LogP contribution >= 0.6 is 0 Å². The van der Waals surface area contributed by atoms with Gasteiger partial charge in [-0.25, -0.2) is 0 Å². The SMILES string of the molecule is CC=C(C=O)N1C=CN(CCO)C=C1. The normalized spacial score (nSPS) is 16.3. The Bertz CT molecular complexity index is 268. The predicted octanol–water partition coefficient (Wildman–Crippen LogP) is 0.641. The smallest absolute Gasteiger partial charge is 0.166 e. The number of carbonyl (C=O) groups excluding carboxylic acids is 1. The van der Waals surface area contributed by atoms with Gasteiger partial charge in [0.25, 0.3) is 0 Å². The van der Waals surface area contributed by atoms with Gasteiger partial charge in [-0.3, -0.25) is 4.79 Å². The van der Waals surface area contributed by atoms with Crippen LogP contribution in [-0.2, 0) is 4.79 Å². The number of carbonyl (C=O) groups is 1. The molecule has 0 unspecified atom stereocenters. The summed E-state index contributed by atoms with van der Waals surface area (Å²) < 4.78 is 0. The molecule has 0 bridgehead atoms. The van der Waals surface area contributed by atoms with Gasteiger partial charge in [0.05, 0.1) is 12.3 Å². The highest BCUT2D eigenvalue weighted by molar-refractivity contribution is 5.72. The number of β-amino-alcohol motifs (C(OH)–C–C–N with tert-alkyl or cyclic N) is 1. The van der Waals surface area contributed by atoms with Crippen molar-refractivity contribution in [2.24, 2.45) is 0 Å². The Kier molecular flexibility index (Phi) is 3.94. The molecule has 0 aromatic heterocycles. The highest BCUT2D eigenvalue weighted by Gasteiger charge is 2.05. The second-order valence-electron chi connectivity index (χ2n) is 2.80. The summed E-state index contributed by atoms with van der Waals surface area (Å²) in [5.74, 6) is 0. The van der Waals surface area contributed by atoms with Crippen molar-refractivity contribution in [2.45, 2.75) is 6.92 Å². The van der Waals surface area contributed by atoms with Crippen molar-refractivity contribution in [1.29, 1.82) is 0 Å². The molecule has 0 radical (unpaired) electrons. The number of allylic oxidation sites excluding steroid dienone is 2. The molecule has 76 valence electrons. The third-order valence-electron chi connectivity index (χ3n) is 1.91. The average Bonchev–Trinajstić information content (AvgIpc) is 2.23. The molecule has 0 aromatic carbocycles. The topological polar surface area (TPSA) is 43.8 Å². The number of aliphatic hydroxyl groups excluding tert-OH is 1. The Morgan fingerprint density at radius 2 is 2.00 bits per heavy atom. The van der Waals surface area contributed by atoms with Crippen molar-refractivity contribution < 1.29 is 9.90 Å². The number of rotatable bonds is 4. The van der Waals surface area contributed by atoms with Gasteiger partial charge in [0, 0.05) is 31.3 Å². The second kappa shape index (κ2) is 5.24. The van der Waals surface area contributed by atoms with Crippen molar-refractivity contribution in [2.75, 3.05) is 13.2 Å². The number of aldehydes is 1. The van der Waals surface area contributed by atoms with E-state index in [0.29, 0.717) is 12.2 Å². The van der Waals surface area contributed by atoms with E-state index in [1.54, 1.807) is 23.4 Å². The molecule has 0 spiro atoms. The first-order valence-electron chi connectivity index (χ1n) is 4.45. The van der Waals surface area contributed by atoms with Crippen LogP contribution in [0.25, 0.3) is 0 Å². The van der Waals surface area contributed by atoms with E-state index in [1.165, 1.54) is 0 Å². The Morgan fingerprint density at radius 1 is 1.36 bits per heavy atom. The van der Waals surface area contributed by atoms with Crippen molar-refractivity contribution in [3.63, 3.8) is 0 Å². The summed E-state index contributed by atoms with van der Waals surface area (Å²) in [6.07, 6.45) is 9.71. The van der Waals surface area contributed by atoms with Crippen LogP contribution < -0.4 is 0 Å². The van der Waals surface area contributed by atoms with Gasteiger partial charge in [0.2, 0.25) is 0 Å². The van der Waals surface area contributed by atoms with E-state index in [4.69, 9.17) is 5.11 Å². The molecule has 1 rings (SSSR count). The van der Waals surface area contributed by atoms with Gasteiger partial charge >= 0.3 is 0 Å². The first kappa shape index (κ1) is 10.5. The highest BCUT2D eigenvalue weighted by Crippen LogP contribution is 2.09. The van der Waals surface area contributed by atoms with Crippen molar-refractivity contribution in [3.8, 4) is 0 Å². The minimum atomic E-state index is 0.110. The predicted molar refractivity (Wildman–Crippen MR) is 53.7 cm³/mol. The van der Waals surface area contributed by atoms with Gasteiger partial charge in [-0.2, -0.15) is 0 Å². The summed E-state index contributed by atoms with van der Waals surface area (Å²) in [6.45, 7) is 2.48. The summed E-state index contributed by atoms with van der Waals surface area (Å²) >= 11 is 0. The zero-order chi connectivity index (χ0) is 10.4. The van der Waals surface area contributed by atoms with Gasteiger partial charge < -0.3 is 14.9 Å². The van der Waals surface area contributed by atoms with Crippen LogP contribution in [0.15, 0.2) is 36.6 Å². The maximum atomic E-state index is 10.6. The van der Waals surface area contributed by atoms with Crippen molar-refractivity contribution in [1.82, 2.24) is 9.80 Å². The fraction of sp³-hybridized carbons (Fsp3) is 0.300. The third kappa shape index (κ3) is 2.47. The van der Waals surface area contributed by atoms with Gasteiger partial charge in [-0.15, -0.1) is 0 Å².